The number of aromatic nitrogens is 12. The summed E-state index contributed by atoms with van der Waals surface area (Å²) in [6, 6.07) is 40.2. The Kier molecular flexibility index (Phi) is 9.87. The Morgan fingerprint density at radius 2 is 0.768 bits per heavy atom. The first-order valence-corrected chi connectivity index (χ1v) is 22.6. The Morgan fingerprint density at radius 3 is 1.09 bits per heavy atom. The first-order chi connectivity index (χ1) is 33.5. The van der Waals surface area contributed by atoms with Gasteiger partial charge < -0.3 is 39.0 Å². The van der Waals surface area contributed by atoms with Crippen LogP contribution in [0.4, 0.5) is 0 Å². The van der Waals surface area contributed by atoms with Crippen molar-refractivity contribution in [2.24, 2.45) is 0 Å². The molecule has 0 radical (unpaired) electrons. The molecule has 0 saturated carbocycles. The van der Waals surface area contributed by atoms with Crippen molar-refractivity contribution in [1.82, 2.24) is 59.0 Å². The van der Waals surface area contributed by atoms with Gasteiger partial charge >= 0.3 is 19.5 Å². The van der Waals surface area contributed by atoms with Crippen LogP contribution in [0.3, 0.4) is 0 Å². The molecule has 0 N–H and O–H groups in total. The average Bonchev–Trinajstić information content (AvgIpc) is 4.22. The molecule has 6 aromatic carbocycles. The quantitative estimate of drug-likeness (QED) is 0.117. The van der Waals surface area contributed by atoms with E-state index in [1.807, 2.05) is 97.1 Å². The molecule has 322 valence electrons. The number of nitrogens with zero attached hydrogens (tertiary/aromatic N) is 12. The molecule has 12 nitrogen and oxygen atoms in total. The zero-order valence-electron chi connectivity index (χ0n) is 37.6. The van der Waals surface area contributed by atoms with Crippen molar-refractivity contribution in [1.29, 1.82) is 0 Å². The number of aryl methyl sites for hydroxylation is 2. The summed E-state index contributed by atoms with van der Waals surface area (Å²) in [7, 11) is 0. The van der Waals surface area contributed by atoms with Crippen molar-refractivity contribution in [3.05, 3.63) is 132 Å². The molecule has 0 spiro atoms. The summed E-state index contributed by atoms with van der Waals surface area (Å²) in [5, 5.41) is 3.19. The van der Waals surface area contributed by atoms with Crippen molar-refractivity contribution < 1.29 is 19.5 Å². The molecule has 8 bridgehead atoms. The minimum absolute atomic E-state index is 0. The number of imidazole rings is 2. The third kappa shape index (κ3) is 6.65. The minimum atomic E-state index is 0. The molecule has 7 heterocycles. The van der Waals surface area contributed by atoms with E-state index in [1.54, 1.807) is 0 Å². The van der Waals surface area contributed by atoms with Crippen molar-refractivity contribution >= 4 is 66.2 Å². The molecule has 69 heavy (non-hydrogen) atoms. The van der Waals surface area contributed by atoms with Gasteiger partial charge in [-0.1, -0.05) is 98.5 Å². The van der Waals surface area contributed by atoms with E-state index in [2.05, 4.69) is 59.1 Å². The van der Waals surface area contributed by atoms with Gasteiger partial charge in [-0.2, -0.15) is 0 Å². The molecule has 5 aromatic heterocycles. The van der Waals surface area contributed by atoms with Gasteiger partial charge in [-0.05, 0) is 82.9 Å². The molecule has 2 aliphatic rings. The van der Waals surface area contributed by atoms with Crippen LogP contribution in [0.2, 0.25) is 0 Å². The number of terminal acetylenes is 2. The van der Waals surface area contributed by atoms with E-state index in [1.165, 1.54) is 0 Å². The van der Waals surface area contributed by atoms with Gasteiger partial charge in [0.1, 0.15) is 11.6 Å². The zero-order chi connectivity index (χ0) is 45.6. The van der Waals surface area contributed by atoms with E-state index in [0.717, 1.165) is 126 Å². The van der Waals surface area contributed by atoms with Gasteiger partial charge in [-0.3, -0.25) is 0 Å². The topological polar surface area (TPSA) is 141 Å². The number of hydrogen-bond donors (Lipinski definition) is 0. The van der Waals surface area contributed by atoms with Gasteiger partial charge in [-0.25, -0.2) is 19.9 Å². The van der Waals surface area contributed by atoms with E-state index < -0.39 is 0 Å². The molecule has 2 aliphatic heterocycles. The van der Waals surface area contributed by atoms with Gasteiger partial charge in [-0.15, -0.1) is 12.8 Å². The fourth-order valence-corrected chi connectivity index (χ4v) is 9.57. The molecule has 0 atom stereocenters. The van der Waals surface area contributed by atoms with E-state index in [-0.39, 0.29) is 19.5 Å². The summed E-state index contributed by atoms with van der Waals surface area (Å²) in [4.78, 5) is 52.0. The van der Waals surface area contributed by atoms with E-state index >= 15 is 0 Å². The SMILES string of the molecule is C#Cc1ccc(-c2nc3cc4c5nc6nc(nc7[n-]c(nc8nc(nc([n-]5)c4cc3n2CCC)-c2ccccc2-8)c2cc3c(cc72)nc(-c2ccc(C#C)cc2)n3CCC)-c2ccccc2-6)cc1.[Zn+2]. The van der Waals surface area contributed by atoms with E-state index in [0.29, 0.717) is 45.9 Å². The van der Waals surface area contributed by atoms with Gasteiger partial charge in [0.2, 0.25) is 0 Å². The predicted octanol–water partition coefficient (Wildman–Crippen LogP) is 10.9. The Morgan fingerprint density at radius 1 is 0.435 bits per heavy atom. The summed E-state index contributed by atoms with van der Waals surface area (Å²) in [6.45, 7) is 5.83. The molecule has 0 aliphatic carbocycles. The normalized spacial score (nSPS) is 11.7. The first-order valence-electron chi connectivity index (χ1n) is 22.6. The minimum Gasteiger partial charge on any atom is -0.357 e. The summed E-state index contributed by atoms with van der Waals surface area (Å²) in [5.74, 6) is 9.07. The van der Waals surface area contributed by atoms with Crippen molar-refractivity contribution in [2.45, 2.75) is 39.8 Å². The first kappa shape index (κ1) is 41.8. The van der Waals surface area contributed by atoms with Gasteiger partial charge in [0.25, 0.3) is 0 Å². The fraction of sp³-hybridized carbons (Fsp3) is 0.107. The Hall–Kier alpha value is -8.64. The molecular formula is C56H36N12Zn. The molecule has 0 unspecified atom stereocenters. The van der Waals surface area contributed by atoms with Crippen LogP contribution in [-0.4, -0.2) is 49.0 Å². The predicted molar refractivity (Wildman–Crippen MR) is 268 cm³/mol. The van der Waals surface area contributed by atoms with Crippen LogP contribution in [0.25, 0.3) is 135 Å². The second-order valence-electron chi connectivity index (χ2n) is 17.0. The van der Waals surface area contributed by atoms with Gasteiger partial charge in [0.05, 0.1) is 45.4 Å². The monoisotopic (exact) mass is 940 g/mol. The van der Waals surface area contributed by atoms with Crippen LogP contribution in [0.15, 0.2) is 121 Å². The van der Waals surface area contributed by atoms with Crippen LogP contribution < -0.4 is 9.97 Å². The number of hydrogen-bond acceptors (Lipinski definition) is 8. The smallest absolute Gasteiger partial charge is 0.357 e. The Balaban J connectivity index is 0.00000492. The summed E-state index contributed by atoms with van der Waals surface area (Å²) in [6.07, 6.45) is 13.2. The van der Waals surface area contributed by atoms with Crippen LogP contribution in [-0.2, 0) is 32.6 Å². The fourth-order valence-electron chi connectivity index (χ4n) is 9.57. The van der Waals surface area contributed by atoms with E-state index in [9.17, 15) is 0 Å². The van der Waals surface area contributed by atoms with Crippen LogP contribution in [0.1, 0.15) is 37.8 Å². The molecule has 0 saturated heterocycles. The van der Waals surface area contributed by atoms with Crippen LogP contribution in [0, 0.1) is 24.7 Å². The molecule has 13 rings (SSSR count). The second kappa shape index (κ2) is 16.3. The Bertz CT molecular complexity index is 3930. The van der Waals surface area contributed by atoms with Crippen LogP contribution >= 0.6 is 0 Å². The third-order valence-corrected chi connectivity index (χ3v) is 12.8. The molecule has 13 heteroatoms. The number of fused-ring (bicyclic) bond motifs is 22. The standard InChI is InChI=1S/C56H36N12.Zn/c1-5-25-67-45-29-41-39(27-43(45)57-55(67)33-21-17-31(7-3)18-22-33)51-61-47-35-13-9-10-14-36(35)48(59-47)62-52-40-28-44-46(68(26-6-2)56(58-44)34-23-19-32(8-4)20-24-34)30-42(40)54(66-52)64-50-38-16-12-11-15-37(38)49(60-50)63-53(41)65-51;/h3-4,9-24,27-30H,5-6,25-26H2,1-2H3;/q-2;+2. The third-order valence-electron chi connectivity index (χ3n) is 12.8. The largest absolute Gasteiger partial charge is 2.00 e. The maximum absolute atomic E-state index is 5.71. The number of rotatable bonds is 6. The van der Waals surface area contributed by atoms with Gasteiger partial charge in [0, 0.05) is 80.2 Å². The molecular weight excluding hydrogens is 906 g/mol. The summed E-state index contributed by atoms with van der Waals surface area (Å²) < 4.78 is 4.50. The van der Waals surface area contributed by atoms with Crippen molar-refractivity contribution in [2.75, 3.05) is 0 Å². The summed E-state index contributed by atoms with van der Waals surface area (Å²) >= 11 is 0. The average molecular weight is 942 g/mol. The number of benzene rings is 6. The van der Waals surface area contributed by atoms with E-state index in [4.69, 9.17) is 62.7 Å². The van der Waals surface area contributed by atoms with Crippen molar-refractivity contribution in [3.8, 4) is 93.0 Å². The summed E-state index contributed by atoms with van der Waals surface area (Å²) in [5.41, 5.74) is 12.3. The van der Waals surface area contributed by atoms with Crippen molar-refractivity contribution in [3.63, 3.8) is 0 Å². The van der Waals surface area contributed by atoms with Gasteiger partial charge in [0.15, 0.2) is 0 Å². The van der Waals surface area contributed by atoms with Crippen LogP contribution in [0.5, 0.6) is 0 Å². The molecule has 0 amide bonds. The maximum atomic E-state index is 5.71. The Labute approximate surface area is 407 Å². The second-order valence-corrected chi connectivity index (χ2v) is 17.0. The molecule has 11 aromatic rings. The maximum Gasteiger partial charge on any atom is 2.00 e. The zero-order valence-corrected chi connectivity index (χ0v) is 40.6. The molecule has 0 fully saturated rings.